The number of oxazole rings is 1. The molecule has 6 heteroatoms. The van der Waals surface area contributed by atoms with Crippen LogP contribution in [0.3, 0.4) is 0 Å². The molecule has 2 aromatic rings. The van der Waals surface area contributed by atoms with Crippen LogP contribution in [0.15, 0.2) is 25.9 Å². The lowest BCUT2D eigenvalue weighted by atomic mass is 10.1. The van der Waals surface area contributed by atoms with E-state index in [2.05, 4.69) is 58.4 Å². The number of hydrogen-bond donors (Lipinski definition) is 1. The Bertz CT molecular complexity index is 559. The minimum Gasteiger partial charge on any atom is -0.432 e. The van der Waals surface area contributed by atoms with Gasteiger partial charge in [0.05, 0.1) is 9.48 Å². The summed E-state index contributed by atoms with van der Waals surface area (Å²) in [7, 11) is 1.98. The summed E-state index contributed by atoms with van der Waals surface area (Å²) >= 11 is 5.16. The second kappa shape index (κ2) is 6.28. The molecule has 0 amide bonds. The van der Waals surface area contributed by atoms with Gasteiger partial charge in [0.1, 0.15) is 6.26 Å². The van der Waals surface area contributed by atoms with Crippen LogP contribution in [0.2, 0.25) is 0 Å². The van der Waals surface area contributed by atoms with E-state index in [0.29, 0.717) is 12.6 Å². The van der Waals surface area contributed by atoms with Gasteiger partial charge in [0.2, 0.25) is 0 Å². The monoisotopic (exact) mass is 357 g/mol. The Kier molecular flexibility index (Phi) is 4.88. The standard InChI is InChI=1S/C14H20BrN3OS/c1-14(2,3)16-6-11-8-19-13(17-11)18(4)7-10-5-12(15)20-9-10/h5,8-9,16H,6-7H2,1-4H3. The van der Waals surface area contributed by atoms with Crippen molar-refractivity contribution in [1.29, 1.82) is 0 Å². The van der Waals surface area contributed by atoms with Gasteiger partial charge in [-0.15, -0.1) is 11.3 Å². The molecule has 0 fully saturated rings. The van der Waals surface area contributed by atoms with Crippen molar-refractivity contribution in [3.05, 3.63) is 32.8 Å². The second-order valence-corrected chi connectivity index (χ2v) is 8.13. The maximum atomic E-state index is 5.54. The number of halogens is 1. The fourth-order valence-electron chi connectivity index (χ4n) is 1.68. The van der Waals surface area contributed by atoms with Crippen molar-refractivity contribution in [1.82, 2.24) is 10.3 Å². The third kappa shape index (κ3) is 4.61. The summed E-state index contributed by atoms with van der Waals surface area (Å²) in [6.07, 6.45) is 1.72. The molecule has 0 atom stereocenters. The Balaban J connectivity index is 1.94. The zero-order valence-electron chi connectivity index (χ0n) is 12.2. The highest BCUT2D eigenvalue weighted by atomic mass is 79.9. The number of anilines is 1. The van der Waals surface area contributed by atoms with Gasteiger partial charge in [-0.2, -0.15) is 4.98 Å². The van der Waals surface area contributed by atoms with Crippen molar-refractivity contribution in [2.75, 3.05) is 11.9 Å². The van der Waals surface area contributed by atoms with Crippen molar-refractivity contribution in [3.63, 3.8) is 0 Å². The van der Waals surface area contributed by atoms with Gasteiger partial charge >= 0.3 is 0 Å². The average molecular weight is 358 g/mol. The summed E-state index contributed by atoms with van der Waals surface area (Å²) in [5.41, 5.74) is 2.25. The number of thiophene rings is 1. The molecule has 0 unspecified atom stereocenters. The number of nitrogens with one attached hydrogen (secondary N) is 1. The third-order valence-corrected chi connectivity index (χ3v) is 4.26. The predicted molar refractivity (Wildman–Crippen MR) is 87.2 cm³/mol. The van der Waals surface area contributed by atoms with E-state index in [9.17, 15) is 0 Å². The molecule has 2 rings (SSSR count). The van der Waals surface area contributed by atoms with Gasteiger partial charge in [-0.1, -0.05) is 0 Å². The molecule has 0 aliphatic rings. The lowest BCUT2D eigenvalue weighted by Crippen LogP contribution is -2.35. The van der Waals surface area contributed by atoms with Crippen LogP contribution < -0.4 is 10.2 Å². The van der Waals surface area contributed by atoms with Crippen molar-refractivity contribution >= 4 is 33.3 Å². The lowest BCUT2D eigenvalue weighted by molar-refractivity contribution is 0.421. The largest absolute Gasteiger partial charge is 0.432 e. The van der Waals surface area contributed by atoms with Crippen molar-refractivity contribution in [3.8, 4) is 0 Å². The first-order chi connectivity index (χ1) is 9.33. The minimum absolute atomic E-state index is 0.0774. The highest BCUT2D eigenvalue weighted by Crippen LogP contribution is 2.23. The highest BCUT2D eigenvalue weighted by molar-refractivity contribution is 9.11. The van der Waals surface area contributed by atoms with E-state index in [1.807, 2.05) is 11.9 Å². The summed E-state index contributed by atoms with van der Waals surface area (Å²) in [4.78, 5) is 6.51. The van der Waals surface area contributed by atoms with Gasteiger partial charge in [-0.3, -0.25) is 0 Å². The summed E-state index contributed by atoms with van der Waals surface area (Å²) in [6.45, 7) is 7.90. The fraction of sp³-hybridized carbons (Fsp3) is 0.500. The number of rotatable bonds is 5. The molecule has 2 heterocycles. The Morgan fingerprint density at radius 3 is 2.80 bits per heavy atom. The van der Waals surface area contributed by atoms with Crippen molar-refractivity contribution < 1.29 is 4.42 Å². The minimum atomic E-state index is 0.0774. The smallest absolute Gasteiger partial charge is 0.297 e. The fourth-order valence-corrected chi connectivity index (χ4v) is 2.88. The molecule has 0 aliphatic heterocycles. The first-order valence-electron chi connectivity index (χ1n) is 6.47. The van der Waals surface area contributed by atoms with Crippen LogP contribution in [0.5, 0.6) is 0 Å². The molecule has 2 aromatic heterocycles. The topological polar surface area (TPSA) is 41.3 Å². The molecule has 0 bridgehead atoms. The highest BCUT2D eigenvalue weighted by Gasteiger charge is 2.13. The van der Waals surface area contributed by atoms with Crippen LogP contribution in [-0.4, -0.2) is 17.6 Å². The van der Waals surface area contributed by atoms with Gasteiger partial charge in [-0.25, -0.2) is 0 Å². The van der Waals surface area contributed by atoms with E-state index in [1.54, 1.807) is 17.6 Å². The molecular formula is C14H20BrN3OS. The third-order valence-electron chi connectivity index (χ3n) is 2.71. The molecule has 1 N–H and O–H groups in total. The van der Waals surface area contributed by atoms with Crippen LogP contribution in [0.4, 0.5) is 6.01 Å². The average Bonchev–Trinajstić information content (AvgIpc) is 2.95. The summed E-state index contributed by atoms with van der Waals surface area (Å²) in [5.74, 6) is 0. The second-order valence-electron chi connectivity index (χ2n) is 5.84. The van der Waals surface area contributed by atoms with Crippen LogP contribution in [-0.2, 0) is 13.1 Å². The van der Waals surface area contributed by atoms with Gasteiger partial charge in [-0.05, 0) is 53.7 Å². The molecule has 110 valence electrons. The molecule has 0 radical (unpaired) electrons. The SMILES string of the molecule is CN(Cc1csc(Br)c1)c1nc(CNC(C)(C)C)co1. The molecule has 0 saturated carbocycles. The molecule has 4 nitrogen and oxygen atoms in total. The van der Waals surface area contributed by atoms with Gasteiger partial charge in [0.25, 0.3) is 6.01 Å². The van der Waals surface area contributed by atoms with Crippen molar-refractivity contribution in [2.24, 2.45) is 0 Å². The normalized spacial score (nSPS) is 11.8. The van der Waals surface area contributed by atoms with Gasteiger partial charge in [0, 0.05) is 25.7 Å². The number of aromatic nitrogens is 1. The molecular weight excluding hydrogens is 338 g/mol. The van der Waals surface area contributed by atoms with Crippen molar-refractivity contribution in [2.45, 2.75) is 39.4 Å². The summed E-state index contributed by atoms with van der Waals surface area (Å²) in [5, 5.41) is 5.53. The summed E-state index contributed by atoms with van der Waals surface area (Å²) in [6, 6.07) is 2.77. The van der Waals surface area contributed by atoms with E-state index >= 15 is 0 Å². The maximum absolute atomic E-state index is 5.54. The Labute approximate surface area is 132 Å². The Hall–Kier alpha value is -0.850. The van der Waals surface area contributed by atoms with Gasteiger partial charge < -0.3 is 14.6 Å². The van der Waals surface area contributed by atoms with Gasteiger partial charge in [0.15, 0.2) is 0 Å². The molecule has 0 spiro atoms. The quantitative estimate of drug-likeness (QED) is 0.877. The van der Waals surface area contributed by atoms with E-state index in [0.717, 1.165) is 16.0 Å². The van der Waals surface area contributed by atoms with Crippen LogP contribution in [0.1, 0.15) is 32.0 Å². The lowest BCUT2D eigenvalue weighted by Gasteiger charge is -2.19. The van der Waals surface area contributed by atoms with E-state index < -0.39 is 0 Å². The molecule has 0 aromatic carbocycles. The number of nitrogens with zero attached hydrogens (tertiary/aromatic N) is 2. The van der Waals surface area contributed by atoms with Crippen LogP contribution in [0, 0.1) is 0 Å². The van der Waals surface area contributed by atoms with Crippen LogP contribution in [0.25, 0.3) is 0 Å². The Morgan fingerprint density at radius 1 is 1.45 bits per heavy atom. The maximum Gasteiger partial charge on any atom is 0.297 e. The number of hydrogen-bond acceptors (Lipinski definition) is 5. The van der Waals surface area contributed by atoms with Crippen LogP contribution >= 0.6 is 27.3 Å². The van der Waals surface area contributed by atoms with E-state index in [1.165, 1.54) is 5.56 Å². The zero-order chi connectivity index (χ0) is 14.8. The Morgan fingerprint density at radius 2 is 2.20 bits per heavy atom. The molecule has 0 aliphatic carbocycles. The van der Waals surface area contributed by atoms with E-state index in [4.69, 9.17) is 4.42 Å². The predicted octanol–water partition coefficient (Wildman–Crippen LogP) is 4.02. The summed E-state index contributed by atoms with van der Waals surface area (Å²) < 4.78 is 6.68. The first kappa shape index (κ1) is 15.5. The van der Waals surface area contributed by atoms with E-state index in [-0.39, 0.29) is 5.54 Å². The molecule has 20 heavy (non-hydrogen) atoms. The molecule has 0 saturated heterocycles. The zero-order valence-corrected chi connectivity index (χ0v) is 14.6. The first-order valence-corrected chi connectivity index (χ1v) is 8.14.